The largest absolute Gasteiger partial charge is 0.495 e. The van der Waals surface area contributed by atoms with Crippen molar-refractivity contribution in [1.82, 2.24) is 0 Å². The van der Waals surface area contributed by atoms with Crippen molar-refractivity contribution in [3.63, 3.8) is 0 Å². The SMILES string of the molecule is COc1ccc(Cl)cc1NC(=O)c1cccc2c1OCO2. The minimum Gasteiger partial charge on any atom is -0.495 e. The van der Waals surface area contributed by atoms with Crippen molar-refractivity contribution >= 4 is 23.2 Å². The number of carbonyl (C=O) groups is 1. The molecule has 21 heavy (non-hydrogen) atoms. The number of anilines is 1. The number of hydrogen-bond acceptors (Lipinski definition) is 4. The number of ether oxygens (including phenoxy) is 3. The summed E-state index contributed by atoms with van der Waals surface area (Å²) in [6.07, 6.45) is 0. The quantitative estimate of drug-likeness (QED) is 0.945. The van der Waals surface area contributed by atoms with Gasteiger partial charge in [0.1, 0.15) is 5.75 Å². The summed E-state index contributed by atoms with van der Waals surface area (Å²) in [6, 6.07) is 10.1. The Hall–Kier alpha value is -2.40. The Morgan fingerprint density at radius 2 is 2.14 bits per heavy atom. The van der Waals surface area contributed by atoms with Gasteiger partial charge in [0.05, 0.1) is 18.4 Å². The van der Waals surface area contributed by atoms with Crippen LogP contribution in [0, 0.1) is 0 Å². The molecule has 0 saturated carbocycles. The minimum absolute atomic E-state index is 0.111. The van der Waals surface area contributed by atoms with Crippen LogP contribution in [0.3, 0.4) is 0 Å². The van der Waals surface area contributed by atoms with Gasteiger partial charge < -0.3 is 19.5 Å². The molecule has 6 heteroatoms. The maximum atomic E-state index is 12.4. The van der Waals surface area contributed by atoms with Crippen LogP contribution in [-0.2, 0) is 0 Å². The van der Waals surface area contributed by atoms with Gasteiger partial charge >= 0.3 is 0 Å². The molecular formula is C15H12ClNO4. The van der Waals surface area contributed by atoms with Gasteiger partial charge in [0.15, 0.2) is 11.5 Å². The fourth-order valence-electron chi connectivity index (χ4n) is 2.08. The maximum absolute atomic E-state index is 12.4. The normalized spacial score (nSPS) is 12.1. The first-order valence-electron chi connectivity index (χ1n) is 6.22. The smallest absolute Gasteiger partial charge is 0.259 e. The predicted octanol–water partition coefficient (Wildman–Crippen LogP) is 3.33. The highest BCUT2D eigenvalue weighted by Crippen LogP contribution is 2.36. The van der Waals surface area contributed by atoms with Gasteiger partial charge in [0.25, 0.3) is 5.91 Å². The van der Waals surface area contributed by atoms with E-state index >= 15 is 0 Å². The highest BCUT2D eigenvalue weighted by atomic mass is 35.5. The number of methoxy groups -OCH3 is 1. The first-order chi connectivity index (χ1) is 10.2. The van der Waals surface area contributed by atoms with Crippen LogP contribution in [0.5, 0.6) is 17.2 Å². The average Bonchev–Trinajstić information content (AvgIpc) is 2.95. The summed E-state index contributed by atoms with van der Waals surface area (Å²) in [4.78, 5) is 12.4. The average molecular weight is 306 g/mol. The molecule has 0 atom stereocenters. The van der Waals surface area contributed by atoms with Crippen molar-refractivity contribution in [3.8, 4) is 17.2 Å². The van der Waals surface area contributed by atoms with E-state index in [1.807, 2.05) is 0 Å². The zero-order chi connectivity index (χ0) is 14.8. The molecule has 0 aliphatic carbocycles. The van der Waals surface area contributed by atoms with Crippen LogP contribution < -0.4 is 19.5 Å². The molecule has 5 nitrogen and oxygen atoms in total. The van der Waals surface area contributed by atoms with Crippen molar-refractivity contribution in [2.24, 2.45) is 0 Å². The maximum Gasteiger partial charge on any atom is 0.259 e. The van der Waals surface area contributed by atoms with Crippen molar-refractivity contribution < 1.29 is 19.0 Å². The van der Waals surface area contributed by atoms with Crippen LogP contribution in [0.4, 0.5) is 5.69 Å². The van der Waals surface area contributed by atoms with E-state index in [1.54, 1.807) is 36.4 Å². The molecule has 0 unspecified atom stereocenters. The van der Waals surface area contributed by atoms with Crippen molar-refractivity contribution in [2.75, 3.05) is 19.2 Å². The molecule has 1 aliphatic rings. The van der Waals surface area contributed by atoms with E-state index in [-0.39, 0.29) is 12.7 Å². The molecule has 1 heterocycles. The third kappa shape index (κ3) is 2.60. The van der Waals surface area contributed by atoms with Gasteiger partial charge in [-0.1, -0.05) is 17.7 Å². The summed E-state index contributed by atoms with van der Waals surface area (Å²) in [6.45, 7) is 0.111. The molecule has 0 aromatic heterocycles. The molecule has 0 bridgehead atoms. The molecule has 1 aliphatic heterocycles. The molecular weight excluding hydrogens is 294 g/mol. The van der Waals surface area contributed by atoms with E-state index in [2.05, 4.69) is 5.32 Å². The van der Waals surface area contributed by atoms with Gasteiger partial charge in [-0.05, 0) is 30.3 Å². The lowest BCUT2D eigenvalue weighted by atomic mass is 10.1. The highest BCUT2D eigenvalue weighted by Gasteiger charge is 2.22. The second-order valence-corrected chi connectivity index (χ2v) is 4.77. The van der Waals surface area contributed by atoms with E-state index in [0.29, 0.717) is 33.5 Å². The van der Waals surface area contributed by atoms with Crippen LogP contribution in [0.15, 0.2) is 36.4 Å². The van der Waals surface area contributed by atoms with Crippen LogP contribution in [0.1, 0.15) is 10.4 Å². The van der Waals surface area contributed by atoms with Gasteiger partial charge in [-0.3, -0.25) is 4.79 Å². The zero-order valence-corrected chi connectivity index (χ0v) is 11.9. The first kappa shape index (κ1) is 13.6. The van der Waals surface area contributed by atoms with Crippen molar-refractivity contribution in [3.05, 3.63) is 47.0 Å². The Labute approximate surface area is 126 Å². The third-order valence-electron chi connectivity index (χ3n) is 3.05. The van der Waals surface area contributed by atoms with Gasteiger partial charge in [0.2, 0.25) is 6.79 Å². The number of para-hydroxylation sites is 1. The molecule has 1 amide bonds. The van der Waals surface area contributed by atoms with E-state index in [4.69, 9.17) is 25.8 Å². The molecule has 108 valence electrons. The number of hydrogen-bond donors (Lipinski definition) is 1. The number of amides is 1. The Kier molecular flexibility index (Phi) is 3.58. The predicted molar refractivity (Wildman–Crippen MR) is 78.5 cm³/mol. The van der Waals surface area contributed by atoms with Crippen LogP contribution in [0.2, 0.25) is 5.02 Å². The Bertz CT molecular complexity index is 702. The summed E-state index contributed by atoms with van der Waals surface area (Å²) < 4.78 is 15.8. The van der Waals surface area contributed by atoms with Gasteiger partial charge in [0, 0.05) is 5.02 Å². The topological polar surface area (TPSA) is 56.8 Å². The van der Waals surface area contributed by atoms with Crippen molar-refractivity contribution in [1.29, 1.82) is 0 Å². The second kappa shape index (κ2) is 5.54. The van der Waals surface area contributed by atoms with Gasteiger partial charge in [-0.2, -0.15) is 0 Å². The van der Waals surface area contributed by atoms with Gasteiger partial charge in [-0.15, -0.1) is 0 Å². The number of rotatable bonds is 3. The Morgan fingerprint density at radius 1 is 1.29 bits per heavy atom. The number of fused-ring (bicyclic) bond motifs is 1. The second-order valence-electron chi connectivity index (χ2n) is 4.34. The van der Waals surface area contributed by atoms with E-state index < -0.39 is 0 Å². The monoisotopic (exact) mass is 305 g/mol. The molecule has 2 aromatic rings. The molecule has 3 rings (SSSR count). The van der Waals surface area contributed by atoms with E-state index in [0.717, 1.165) is 0 Å². The number of benzene rings is 2. The zero-order valence-electron chi connectivity index (χ0n) is 11.2. The van der Waals surface area contributed by atoms with E-state index in [1.165, 1.54) is 7.11 Å². The molecule has 1 N–H and O–H groups in total. The summed E-state index contributed by atoms with van der Waals surface area (Å²) in [5.74, 6) is 1.20. The van der Waals surface area contributed by atoms with Gasteiger partial charge in [-0.25, -0.2) is 0 Å². The third-order valence-corrected chi connectivity index (χ3v) is 3.29. The van der Waals surface area contributed by atoms with E-state index in [9.17, 15) is 4.79 Å². The summed E-state index contributed by atoms with van der Waals surface area (Å²) in [5.41, 5.74) is 0.888. The molecule has 0 saturated heterocycles. The lowest BCUT2D eigenvalue weighted by molar-refractivity contribution is 0.102. The standard InChI is InChI=1S/C15H12ClNO4/c1-19-12-6-5-9(16)7-11(12)17-15(18)10-3-2-4-13-14(10)21-8-20-13/h2-7H,8H2,1H3,(H,17,18). The Balaban J connectivity index is 1.91. The Morgan fingerprint density at radius 3 is 2.95 bits per heavy atom. The number of nitrogens with one attached hydrogen (secondary N) is 1. The van der Waals surface area contributed by atoms with Crippen molar-refractivity contribution in [2.45, 2.75) is 0 Å². The summed E-state index contributed by atoms with van der Waals surface area (Å²) in [5, 5.41) is 3.27. The van der Waals surface area contributed by atoms with Crippen LogP contribution >= 0.6 is 11.6 Å². The number of carbonyl (C=O) groups excluding carboxylic acids is 1. The van der Waals surface area contributed by atoms with Crippen LogP contribution in [0.25, 0.3) is 0 Å². The summed E-state index contributed by atoms with van der Waals surface area (Å²) >= 11 is 5.95. The number of halogens is 1. The molecule has 0 spiro atoms. The lowest BCUT2D eigenvalue weighted by Crippen LogP contribution is -2.13. The fraction of sp³-hybridized carbons (Fsp3) is 0.133. The fourth-order valence-corrected chi connectivity index (χ4v) is 2.25. The minimum atomic E-state index is -0.321. The van der Waals surface area contributed by atoms with Crippen LogP contribution in [-0.4, -0.2) is 19.8 Å². The molecule has 2 aromatic carbocycles. The first-order valence-corrected chi connectivity index (χ1v) is 6.60. The summed E-state index contributed by atoms with van der Waals surface area (Å²) in [7, 11) is 1.52. The molecule has 0 radical (unpaired) electrons. The molecule has 0 fully saturated rings. The highest BCUT2D eigenvalue weighted by molar-refractivity contribution is 6.31. The lowest BCUT2D eigenvalue weighted by Gasteiger charge is -2.11.